The van der Waals surface area contributed by atoms with Gasteiger partial charge in [0.05, 0.1) is 19.3 Å². The van der Waals surface area contributed by atoms with Gasteiger partial charge < -0.3 is 14.8 Å². The standard InChI is InChI=1S/C25H23F3N2O3/c1-32-18-5-2-4-16(12-18)20-14-24(30-23(31)21(20)15-29)10-8-17-13-19(6-7-22(17)24)33-11-3-9-25(26,27)28/h2,4-7,12-13H,3,8-11,14H2,1H3,(H,30,31). The number of ether oxygens (including phenoxy) is 2. The Morgan fingerprint density at radius 1 is 1.18 bits per heavy atom. The Bertz CT molecular complexity index is 1150. The number of alkyl halides is 3. The summed E-state index contributed by atoms with van der Waals surface area (Å²) in [5.74, 6) is 0.731. The monoisotopic (exact) mass is 456 g/mol. The fraction of sp³-hybridized carbons (Fsp3) is 0.360. The minimum absolute atomic E-state index is 0.0194. The highest BCUT2D eigenvalue weighted by Gasteiger charge is 2.45. The van der Waals surface area contributed by atoms with E-state index in [2.05, 4.69) is 5.32 Å². The van der Waals surface area contributed by atoms with Crippen LogP contribution < -0.4 is 14.8 Å². The summed E-state index contributed by atoms with van der Waals surface area (Å²) < 4.78 is 47.8. The van der Waals surface area contributed by atoms with E-state index >= 15 is 0 Å². The second kappa shape index (κ2) is 8.81. The number of benzene rings is 2. The summed E-state index contributed by atoms with van der Waals surface area (Å²) in [5, 5.41) is 12.7. The maximum atomic E-state index is 12.9. The van der Waals surface area contributed by atoms with Gasteiger partial charge in [0.2, 0.25) is 0 Å². The average Bonchev–Trinajstić information content (AvgIpc) is 3.12. The summed E-state index contributed by atoms with van der Waals surface area (Å²) in [6, 6.07) is 14.8. The Hall–Kier alpha value is -3.47. The van der Waals surface area contributed by atoms with Gasteiger partial charge in [0, 0.05) is 12.8 Å². The Balaban J connectivity index is 1.59. The van der Waals surface area contributed by atoms with E-state index in [1.807, 2.05) is 36.4 Å². The molecule has 1 aliphatic heterocycles. The third kappa shape index (κ3) is 4.68. The first kappa shape index (κ1) is 22.7. The highest BCUT2D eigenvalue weighted by Crippen LogP contribution is 2.47. The van der Waals surface area contributed by atoms with Crippen LogP contribution in [0.2, 0.25) is 0 Å². The van der Waals surface area contributed by atoms with Crippen LogP contribution in [-0.4, -0.2) is 25.8 Å². The summed E-state index contributed by atoms with van der Waals surface area (Å²) in [7, 11) is 1.56. The molecule has 4 rings (SSSR count). The fourth-order valence-electron chi connectivity index (χ4n) is 4.62. The number of nitrogens with one attached hydrogen (secondary N) is 1. The van der Waals surface area contributed by atoms with Gasteiger partial charge in [-0.2, -0.15) is 18.4 Å². The van der Waals surface area contributed by atoms with Crippen LogP contribution in [-0.2, 0) is 16.8 Å². The molecule has 0 saturated heterocycles. The molecule has 2 aliphatic rings. The van der Waals surface area contributed by atoms with Crippen LogP contribution in [0.3, 0.4) is 0 Å². The minimum atomic E-state index is -4.19. The first-order chi connectivity index (χ1) is 15.7. The van der Waals surface area contributed by atoms with Gasteiger partial charge in [0.1, 0.15) is 23.1 Å². The Morgan fingerprint density at radius 3 is 2.73 bits per heavy atom. The summed E-state index contributed by atoms with van der Waals surface area (Å²) in [6.07, 6.45) is -3.39. The maximum absolute atomic E-state index is 12.9. The zero-order chi connectivity index (χ0) is 23.6. The van der Waals surface area contributed by atoms with Gasteiger partial charge in [-0.1, -0.05) is 18.2 Å². The topological polar surface area (TPSA) is 71.3 Å². The van der Waals surface area contributed by atoms with E-state index < -0.39 is 24.0 Å². The molecule has 0 saturated carbocycles. The van der Waals surface area contributed by atoms with Crippen molar-refractivity contribution in [3.05, 3.63) is 64.7 Å². The number of hydrogen-bond donors (Lipinski definition) is 1. The number of carbonyl (C=O) groups is 1. The molecule has 1 spiro atoms. The molecule has 0 bridgehead atoms. The van der Waals surface area contributed by atoms with Gasteiger partial charge in [-0.05, 0) is 65.8 Å². The third-order valence-electron chi connectivity index (χ3n) is 6.18. The van der Waals surface area contributed by atoms with Crippen molar-refractivity contribution in [2.45, 2.75) is 43.8 Å². The van der Waals surface area contributed by atoms with Crippen LogP contribution in [0.5, 0.6) is 11.5 Å². The fourth-order valence-corrected chi connectivity index (χ4v) is 4.62. The first-order valence-corrected chi connectivity index (χ1v) is 10.7. The quantitative estimate of drug-likeness (QED) is 0.617. The smallest absolute Gasteiger partial charge is 0.389 e. The van der Waals surface area contributed by atoms with Crippen molar-refractivity contribution in [3.63, 3.8) is 0 Å². The molecule has 2 aromatic carbocycles. The molecule has 0 radical (unpaired) electrons. The predicted molar refractivity (Wildman–Crippen MR) is 116 cm³/mol. The summed E-state index contributed by atoms with van der Waals surface area (Å²) >= 11 is 0. The molecule has 1 heterocycles. The molecule has 0 fully saturated rings. The van der Waals surface area contributed by atoms with E-state index in [1.54, 1.807) is 19.2 Å². The number of rotatable bonds is 6. The third-order valence-corrected chi connectivity index (χ3v) is 6.18. The molecule has 172 valence electrons. The zero-order valence-electron chi connectivity index (χ0n) is 18.1. The van der Waals surface area contributed by atoms with E-state index in [4.69, 9.17) is 9.47 Å². The number of hydrogen-bond acceptors (Lipinski definition) is 4. The Morgan fingerprint density at radius 2 is 2.00 bits per heavy atom. The summed E-state index contributed by atoms with van der Waals surface area (Å²) in [4.78, 5) is 12.9. The lowest BCUT2D eigenvalue weighted by molar-refractivity contribution is -0.136. The normalized spacial score (nSPS) is 19.8. The van der Waals surface area contributed by atoms with E-state index in [1.165, 1.54) is 0 Å². The maximum Gasteiger partial charge on any atom is 0.389 e. The van der Waals surface area contributed by atoms with Crippen LogP contribution in [0.15, 0.2) is 48.0 Å². The van der Waals surface area contributed by atoms with E-state index in [9.17, 15) is 23.2 Å². The van der Waals surface area contributed by atoms with Gasteiger partial charge >= 0.3 is 6.18 Å². The molecule has 1 N–H and O–H groups in total. The molecular formula is C25H23F3N2O3. The minimum Gasteiger partial charge on any atom is -0.497 e. The highest BCUT2D eigenvalue weighted by molar-refractivity contribution is 6.07. The van der Waals surface area contributed by atoms with Crippen molar-refractivity contribution in [2.24, 2.45) is 0 Å². The van der Waals surface area contributed by atoms with Gasteiger partial charge in [-0.25, -0.2) is 0 Å². The van der Waals surface area contributed by atoms with Gasteiger partial charge in [0.25, 0.3) is 5.91 Å². The summed E-state index contributed by atoms with van der Waals surface area (Å²) in [6.45, 7) is -0.0194. The number of methoxy groups -OCH3 is 1. The van der Waals surface area contributed by atoms with Crippen molar-refractivity contribution < 1.29 is 27.4 Å². The van der Waals surface area contributed by atoms with E-state index in [0.29, 0.717) is 36.3 Å². The van der Waals surface area contributed by atoms with E-state index in [0.717, 1.165) is 16.7 Å². The molecular weight excluding hydrogens is 433 g/mol. The van der Waals surface area contributed by atoms with Crippen molar-refractivity contribution in [3.8, 4) is 17.6 Å². The van der Waals surface area contributed by atoms with Crippen molar-refractivity contribution >= 4 is 11.5 Å². The van der Waals surface area contributed by atoms with Gasteiger partial charge in [-0.15, -0.1) is 0 Å². The van der Waals surface area contributed by atoms with Crippen LogP contribution in [0.4, 0.5) is 13.2 Å². The molecule has 5 nitrogen and oxygen atoms in total. The van der Waals surface area contributed by atoms with Crippen molar-refractivity contribution in [1.82, 2.24) is 5.32 Å². The molecule has 1 amide bonds. The molecule has 1 atom stereocenters. The Kier molecular flexibility index (Phi) is 6.07. The second-order valence-corrected chi connectivity index (χ2v) is 8.30. The lowest BCUT2D eigenvalue weighted by atomic mass is 9.78. The predicted octanol–water partition coefficient (Wildman–Crippen LogP) is 5.06. The summed E-state index contributed by atoms with van der Waals surface area (Å²) in [5.41, 5.74) is 2.79. The van der Waals surface area contributed by atoms with Gasteiger partial charge in [-0.3, -0.25) is 4.79 Å². The highest BCUT2D eigenvalue weighted by atomic mass is 19.4. The second-order valence-electron chi connectivity index (χ2n) is 8.30. The SMILES string of the molecule is COc1cccc(C2=C(C#N)C(=O)NC3(CCc4cc(OCCCC(F)(F)F)ccc43)C2)c1. The Labute approximate surface area is 189 Å². The number of nitrogens with zero attached hydrogens (tertiary/aromatic N) is 1. The van der Waals surface area contributed by atoms with E-state index in [-0.39, 0.29) is 18.6 Å². The van der Waals surface area contributed by atoms with Crippen LogP contribution in [0.25, 0.3) is 5.57 Å². The molecule has 1 unspecified atom stereocenters. The van der Waals surface area contributed by atoms with Crippen LogP contribution in [0, 0.1) is 11.3 Å². The largest absolute Gasteiger partial charge is 0.497 e. The number of amides is 1. The number of aryl methyl sites for hydroxylation is 1. The molecule has 8 heteroatoms. The van der Waals surface area contributed by atoms with Crippen LogP contribution in [0.1, 0.15) is 42.4 Å². The molecule has 0 aromatic heterocycles. The molecule has 33 heavy (non-hydrogen) atoms. The molecule has 2 aromatic rings. The van der Waals surface area contributed by atoms with Crippen molar-refractivity contribution in [2.75, 3.05) is 13.7 Å². The molecule has 1 aliphatic carbocycles. The zero-order valence-corrected chi connectivity index (χ0v) is 18.1. The number of fused-ring (bicyclic) bond motifs is 2. The average molecular weight is 456 g/mol. The lowest BCUT2D eigenvalue weighted by Crippen LogP contribution is -2.48. The van der Waals surface area contributed by atoms with Crippen molar-refractivity contribution in [1.29, 1.82) is 5.26 Å². The number of carbonyl (C=O) groups excluding carboxylic acids is 1. The first-order valence-electron chi connectivity index (χ1n) is 10.7. The van der Waals surface area contributed by atoms with Crippen LogP contribution >= 0.6 is 0 Å². The number of nitriles is 1. The van der Waals surface area contributed by atoms with Gasteiger partial charge in [0.15, 0.2) is 0 Å². The number of halogens is 3. The lowest BCUT2D eigenvalue weighted by Gasteiger charge is -2.37.